The van der Waals surface area contributed by atoms with Gasteiger partial charge in [0.05, 0.1) is 33.4 Å². The highest BCUT2D eigenvalue weighted by molar-refractivity contribution is 6.42. The maximum absolute atomic E-state index is 13.1. The molecule has 0 aliphatic rings. The van der Waals surface area contributed by atoms with Gasteiger partial charge >= 0.3 is 0 Å². The van der Waals surface area contributed by atoms with Gasteiger partial charge < -0.3 is 10.1 Å². The Morgan fingerprint density at radius 1 is 0.968 bits per heavy atom. The molecule has 31 heavy (non-hydrogen) atoms. The number of hydrogen-bond acceptors (Lipinski definition) is 3. The Hall–Kier alpha value is -3.08. The number of rotatable bonds is 6. The lowest BCUT2D eigenvalue weighted by molar-refractivity contribution is 0.0952. The number of amides is 1. The lowest BCUT2D eigenvalue weighted by Crippen LogP contribution is -2.23. The van der Waals surface area contributed by atoms with Crippen LogP contribution >= 0.6 is 23.2 Å². The summed E-state index contributed by atoms with van der Waals surface area (Å²) in [6, 6.07) is 22.4. The van der Waals surface area contributed by atoms with Crippen molar-refractivity contribution in [2.24, 2.45) is 0 Å². The first kappa shape index (κ1) is 21.2. The first-order chi connectivity index (χ1) is 15.1. The number of nitrogens with zero attached hydrogens (tertiary/aromatic N) is 1. The van der Waals surface area contributed by atoms with Crippen molar-refractivity contribution in [1.82, 2.24) is 10.3 Å². The van der Waals surface area contributed by atoms with E-state index in [2.05, 4.69) is 5.32 Å². The summed E-state index contributed by atoms with van der Waals surface area (Å²) in [5, 5.41) is 4.69. The molecule has 3 aromatic carbocycles. The van der Waals surface area contributed by atoms with Crippen LogP contribution in [0.5, 0.6) is 5.75 Å². The quantitative estimate of drug-likeness (QED) is 0.362. The Balaban J connectivity index is 1.71. The summed E-state index contributed by atoms with van der Waals surface area (Å²) in [4.78, 5) is 17.9. The highest BCUT2D eigenvalue weighted by Crippen LogP contribution is 2.31. The van der Waals surface area contributed by atoms with Gasteiger partial charge in [-0.3, -0.25) is 4.79 Å². The summed E-state index contributed by atoms with van der Waals surface area (Å²) in [5.74, 6) is 0.537. The van der Waals surface area contributed by atoms with Crippen LogP contribution < -0.4 is 10.1 Å². The summed E-state index contributed by atoms with van der Waals surface area (Å²) in [6.07, 6.45) is 0. The predicted octanol–water partition coefficient (Wildman–Crippen LogP) is 6.54. The Morgan fingerprint density at radius 3 is 2.55 bits per heavy atom. The molecule has 4 rings (SSSR count). The van der Waals surface area contributed by atoms with Crippen LogP contribution in [-0.2, 0) is 6.54 Å². The second-order valence-electron chi connectivity index (χ2n) is 6.93. The summed E-state index contributed by atoms with van der Waals surface area (Å²) in [6.45, 7) is 2.81. The van der Waals surface area contributed by atoms with Gasteiger partial charge in [0.15, 0.2) is 0 Å². The molecule has 1 aromatic heterocycles. The standard InChI is InChI=1S/C25H20Cl2N2O2/c1-2-31-24-10-6-4-8-18(24)23-14-19(17-7-3-5-9-22(17)29-23)25(30)28-15-16-11-12-20(26)21(27)13-16/h3-14H,2,15H2,1H3,(H,28,30). The van der Waals surface area contributed by atoms with Crippen molar-refractivity contribution in [2.45, 2.75) is 13.5 Å². The fraction of sp³-hybridized carbons (Fsp3) is 0.120. The van der Waals surface area contributed by atoms with Crippen molar-refractivity contribution in [2.75, 3.05) is 6.61 Å². The van der Waals surface area contributed by atoms with E-state index in [1.807, 2.05) is 67.6 Å². The van der Waals surface area contributed by atoms with Crippen LogP contribution in [0.4, 0.5) is 0 Å². The SMILES string of the molecule is CCOc1ccccc1-c1cc(C(=O)NCc2ccc(Cl)c(Cl)c2)c2ccccc2n1. The topological polar surface area (TPSA) is 51.2 Å². The van der Waals surface area contributed by atoms with Crippen molar-refractivity contribution < 1.29 is 9.53 Å². The summed E-state index contributed by atoms with van der Waals surface area (Å²) in [7, 11) is 0. The third kappa shape index (κ3) is 4.66. The number of hydrogen-bond donors (Lipinski definition) is 1. The lowest BCUT2D eigenvalue weighted by atomic mass is 10.0. The molecule has 0 saturated heterocycles. The van der Waals surface area contributed by atoms with Crippen molar-refractivity contribution in [3.63, 3.8) is 0 Å². The Bertz CT molecular complexity index is 1260. The number of carbonyl (C=O) groups is 1. The molecule has 6 heteroatoms. The number of aromatic nitrogens is 1. The summed E-state index contributed by atoms with van der Waals surface area (Å²) >= 11 is 12.1. The molecule has 0 spiro atoms. The largest absolute Gasteiger partial charge is 0.493 e. The molecule has 0 fully saturated rings. The van der Waals surface area contributed by atoms with E-state index in [4.69, 9.17) is 32.9 Å². The van der Waals surface area contributed by atoms with Gasteiger partial charge in [0.25, 0.3) is 5.91 Å². The zero-order chi connectivity index (χ0) is 21.8. The van der Waals surface area contributed by atoms with Crippen molar-refractivity contribution >= 4 is 40.0 Å². The zero-order valence-electron chi connectivity index (χ0n) is 16.9. The van der Waals surface area contributed by atoms with E-state index in [9.17, 15) is 4.79 Å². The molecule has 156 valence electrons. The van der Waals surface area contributed by atoms with Crippen LogP contribution in [0.15, 0.2) is 72.8 Å². The van der Waals surface area contributed by atoms with E-state index in [1.54, 1.807) is 12.1 Å². The first-order valence-corrected chi connectivity index (χ1v) is 10.7. The van der Waals surface area contributed by atoms with E-state index >= 15 is 0 Å². The molecular formula is C25H20Cl2N2O2. The number of carbonyl (C=O) groups excluding carboxylic acids is 1. The normalized spacial score (nSPS) is 10.8. The molecule has 4 nitrogen and oxygen atoms in total. The van der Waals surface area contributed by atoms with Gasteiger partial charge in [-0.15, -0.1) is 0 Å². The average Bonchev–Trinajstić information content (AvgIpc) is 2.79. The highest BCUT2D eigenvalue weighted by Gasteiger charge is 2.16. The molecular weight excluding hydrogens is 431 g/mol. The number of ether oxygens (including phenoxy) is 1. The van der Waals surface area contributed by atoms with Crippen molar-refractivity contribution in [1.29, 1.82) is 0 Å². The van der Waals surface area contributed by atoms with Gasteiger partial charge in [-0.2, -0.15) is 0 Å². The molecule has 0 atom stereocenters. The van der Waals surface area contributed by atoms with Gasteiger partial charge in [-0.1, -0.05) is 59.6 Å². The van der Waals surface area contributed by atoms with E-state index in [1.165, 1.54) is 0 Å². The van der Waals surface area contributed by atoms with Crippen LogP contribution in [0.2, 0.25) is 10.0 Å². The molecule has 4 aromatic rings. The number of pyridine rings is 1. The predicted molar refractivity (Wildman–Crippen MR) is 126 cm³/mol. The maximum atomic E-state index is 13.1. The number of para-hydroxylation sites is 2. The fourth-order valence-electron chi connectivity index (χ4n) is 3.39. The van der Waals surface area contributed by atoms with Gasteiger partial charge in [-0.25, -0.2) is 4.98 Å². The Kier molecular flexibility index (Phi) is 6.40. The minimum Gasteiger partial charge on any atom is -0.493 e. The van der Waals surface area contributed by atoms with Crippen LogP contribution in [-0.4, -0.2) is 17.5 Å². The fourth-order valence-corrected chi connectivity index (χ4v) is 3.71. The van der Waals surface area contributed by atoms with Gasteiger partial charge in [0.2, 0.25) is 0 Å². The van der Waals surface area contributed by atoms with Gasteiger partial charge in [-0.05, 0) is 48.9 Å². The highest BCUT2D eigenvalue weighted by atomic mass is 35.5. The molecule has 0 aliphatic carbocycles. The zero-order valence-corrected chi connectivity index (χ0v) is 18.4. The molecule has 0 saturated carbocycles. The smallest absolute Gasteiger partial charge is 0.252 e. The van der Waals surface area contributed by atoms with Crippen LogP contribution in [0, 0.1) is 0 Å². The number of benzene rings is 3. The van der Waals surface area contributed by atoms with E-state index in [-0.39, 0.29) is 5.91 Å². The Labute approximate surface area is 190 Å². The monoisotopic (exact) mass is 450 g/mol. The van der Waals surface area contributed by atoms with Gasteiger partial charge in [0, 0.05) is 17.5 Å². The first-order valence-electron chi connectivity index (χ1n) is 9.91. The van der Waals surface area contributed by atoms with Crippen molar-refractivity contribution in [3.05, 3.63) is 94.0 Å². The molecule has 1 heterocycles. The van der Waals surface area contributed by atoms with E-state index in [0.717, 1.165) is 27.8 Å². The van der Waals surface area contributed by atoms with E-state index < -0.39 is 0 Å². The molecule has 1 N–H and O–H groups in total. The number of halogens is 2. The van der Waals surface area contributed by atoms with E-state index in [0.29, 0.717) is 34.5 Å². The molecule has 0 bridgehead atoms. The lowest BCUT2D eigenvalue weighted by Gasteiger charge is -2.13. The summed E-state index contributed by atoms with van der Waals surface area (Å²) < 4.78 is 5.77. The van der Waals surface area contributed by atoms with Gasteiger partial charge in [0.1, 0.15) is 5.75 Å². The average molecular weight is 451 g/mol. The second-order valence-corrected chi connectivity index (χ2v) is 7.75. The summed E-state index contributed by atoms with van der Waals surface area (Å²) in [5.41, 5.74) is 3.68. The minimum atomic E-state index is -0.195. The molecule has 0 aliphatic heterocycles. The van der Waals surface area contributed by atoms with Crippen LogP contribution in [0.1, 0.15) is 22.8 Å². The van der Waals surface area contributed by atoms with Crippen molar-refractivity contribution in [3.8, 4) is 17.0 Å². The van der Waals surface area contributed by atoms with Crippen LogP contribution in [0.25, 0.3) is 22.2 Å². The van der Waals surface area contributed by atoms with Crippen LogP contribution in [0.3, 0.4) is 0 Å². The third-order valence-corrected chi connectivity index (χ3v) is 5.60. The third-order valence-electron chi connectivity index (χ3n) is 4.86. The number of fused-ring (bicyclic) bond motifs is 1. The second kappa shape index (κ2) is 9.38. The molecule has 0 radical (unpaired) electrons. The maximum Gasteiger partial charge on any atom is 0.252 e. The minimum absolute atomic E-state index is 0.195. The Morgan fingerprint density at radius 2 is 1.74 bits per heavy atom. The molecule has 1 amide bonds. The molecule has 0 unspecified atom stereocenters. The number of nitrogens with one attached hydrogen (secondary N) is 1.